The van der Waals surface area contributed by atoms with Gasteiger partial charge in [0.05, 0.1) is 14.1 Å². The van der Waals surface area contributed by atoms with E-state index in [1.165, 1.54) is 0 Å². The number of hydrogen-bond donors (Lipinski definition) is 0. The van der Waals surface area contributed by atoms with E-state index in [1.807, 2.05) is 0 Å². The highest BCUT2D eigenvalue weighted by atomic mass is 19.4. The second-order valence-corrected chi connectivity index (χ2v) is 3.48. The Hall–Kier alpha value is -0.460. The molecule has 80 valence electrons. The van der Waals surface area contributed by atoms with Gasteiger partial charge in [-0.15, -0.1) is 0 Å². The molecular formula is C6H10F6N+. The van der Waals surface area contributed by atoms with Gasteiger partial charge in [0.25, 0.3) is 0 Å². The Bertz CT molecular complexity index is 149. The maximum absolute atomic E-state index is 11.7. The average Bonchev–Trinajstić information content (AvgIpc) is 1.43. The van der Waals surface area contributed by atoms with Crippen LogP contribution in [0.3, 0.4) is 0 Å². The average molecular weight is 210 g/mol. The molecule has 0 spiro atoms. The van der Waals surface area contributed by atoms with Crippen LogP contribution >= 0.6 is 0 Å². The van der Waals surface area contributed by atoms with Crippen LogP contribution in [0.5, 0.6) is 0 Å². The van der Waals surface area contributed by atoms with E-state index < -0.39 is 29.9 Å². The lowest BCUT2D eigenvalue weighted by molar-refractivity contribution is -0.910. The van der Waals surface area contributed by atoms with E-state index in [2.05, 4.69) is 0 Å². The van der Waals surface area contributed by atoms with Crippen molar-refractivity contribution in [3.8, 4) is 0 Å². The van der Waals surface area contributed by atoms with E-state index in [4.69, 9.17) is 0 Å². The van der Waals surface area contributed by atoms with Gasteiger partial charge in [0.15, 0.2) is 13.1 Å². The summed E-state index contributed by atoms with van der Waals surface area (Å²) >= 11 is 0. The fourth-order valence-corrected chi connectivity index (χ4v) is 1.03. The maximum atomic E-state index is 11.7. The van der Waals surface area contributed by atoms with Gasteiger partial charge in [0, 0.05) is 0 Å². The van der Waals surface area contributed by atoms with Crippen molar-refractivity contribution < 1.29 is 30.8 Å². The third-order valence-corrected chi connectivity index (χ3v) is 1.21. The normalized spacial score (nSPS) is 14.8. The van der Waals surface area contributed by atoms with E-state index in [0.717, 1.165) is 14.1 Å². The van der Waals surface area contributed by atoms with Gasteiger partial charge in [0.2, 0.25) is 0 Å². The molecule has 7 heteroatoms. The highest BCUT2D eigenvalue weighted by molar-refractivity contribution is 4.52. The summed E-state index contributed by atoms with van der Waals surface area (Å²) in [6.07, 6.45) is -9.15. The Morgan fingerprint density at radius 1 is 0.769 bits per heavy atom. The molecule has 0 saturated heterocycles. The van der Waals surface area contributed by atoms with Gasteiger partial charge in [-0.3, -0.25) is 0 Å². The zero-order chi connectivity index (χ0) is 10.9. The smallest absolute Gasteiger partial charge is 0.313 e. The molecule has 0 aliphatic rings. The van der Waals surface area contributed by atoms with Crippen LogP contribution in [0, 0.1) is 0 Å². The van der Waals surface area contributed by atoms with Crippen molar-refractivity contribution in [1.29, 1.82) is 0 Å². The zero-order valence-electron chi connectivity index (χ0n) is 7.13. The van der Waals surface area contributed by atoms with Crippen LogP contribution in [0.1, 0.15) is 0 Å². The number of rotatable bonds is 2. The SMILES string of the molecule is C[N+](C)(CC(F)(F)F)CC(F)(F)F. The van der Waals surface area contributed by atoms with E-state index in [0.29, 0.717) is 0 Å². The van der Waals surface area contributed by atoms with Gasteiger partial charge in [-0.25, -0.2) is 0 Å². The maximum Gasteiger partial charge on any atom is 0.438 e. The summed E-state index contributed by atoms with van der Waals surface area (Å²) in [6.45, 7) is -2.96. The van der Waals surface area contributed by atoms with Crippen LogP contribution in [0.2, 0.25) is 0 Å². The van der Waals surface area contributed by atoms with Gasteiger partial charge in [0.1, 0.15) is 0 Å². The molecule has 0 aromatic rings. The summed E-state index contributed by atoms with van der Waals surface area (Å²) in [6, 6.07) is 0. The minimum absolute atomic E-state index is 0.890. The first-order chi connectivity index (χ1) is 5.41. The molecular weight excluding hydrogens is 200 g/mol. The molecule has 0 aromatic carbocycles. The molecule has 0 heterocycles. The van der Waals surface area contributed by atoms with Gasteiger partial charge >= 0.3 is 12.4 Å². The first kappa shape index (κ1) is 12.5. The van der Waals surface area contributed by atoms with Crippen molar-refractivity contribution in [1.82, 2.24) is 0 Å². The molecule has 0 fully saturated rings. The minimum atomic E-state index is -4.57. The molecule has 0 aliphatic heterocycles. The lowest BCUT2D eigenvalue weighted by Crippen LogP contribution is -2.51. The molecule has 0 bridgehead atoms. The molecule has 0 N–H and O–H groups in total. The largest absolute Gasteiger partial charge is 0.438 e. The quantitative estimate of drug-likeness (QED) is 0.484. The van der Waals surface area contributed by atoms with Gasteiger partial charge in [-0.2, -0.15) is 26.3 Å². The summed E-state index contributed by atoms with van der Waals surface area (Å²) in [5, 5.41) is 0. The van der Waals surface area contributed by atoms with Crippen molar-refractivity contribution in [3.63, 3.8) is 0 Å². The molecule has 0 saturated carbocycles. The van der Waals surface area contributed by atoms with Crippen molar-refractivity contribution in [2.75, 3.05) is 27.2 Å². The number of alkyl halides is 6. The summed E-state index contributed by atoms with van der Waals surface area (Å²) in [5.41, 5.74) is 0. The van der Waals surface area contributed by atoms with Crippen molar-refractivity contribution in [2.24, 2.45) is 0 Å². The van der Waals surface area contributed by atoms with Crippen molar-refractivity contribution in [3.05, 3.63) is 0 Å². The topological polar surface area (TPSA) is 0 Å². The summed E-state index contributed by atoms with van der Waals surface area (Å²) in [4.78, 5) is 0. The fourth-order valence-electron chi connectivity index (χ4n) is 1.03. The predicted molar refractivity (Wildman–Crippen MR) is 34.0 cm³/mol. The number of nitrogens with zero attached hydrogens (tertiary/aromatic N) is 1. The first-order valence-electron chi connectivity index (χ1n) is 3.37. The van der Waals surface area contributed by atoms with E-state index >= 15 is 0 Å². The zero-order valence-corrected chi connectivity index (χ0v) is 7.13. The van der Waals surface area contributed by atoms with Crippen LogP contribution in [-0.4, -0.2) is 44.0 Å². The minimum Gasteiger partial charge on any atom is -0.313 e. The Labute approximate surface area is 71.5 Å². The van der Waals surface area contributed by atoms with Crippen LogP contribution in [0.25, 0.3) is 0 Å². The molecule has 0 aromatic heterocycles. The highest BCUT2D eigenvalue weighted by Crippen LogP contribution is 2.24. The summed E-state index contributed by atoms with van der Waals surface area (Å²) < 4.78 is 69.3. The molecule has 0 radical (unpaired) electrons. The Morgan fingerprint density at radius 2 is 1.00 bits per heavy atom. The summed E-state index contributed by atoms with van der Waals surface area (Å²) in [5.74, 6) is 0. The molecule has 0 rings (SSSR count). The highest BCUT2D eigenvalue weighted by Gasteiger charge is 2.44. The second kappa shape index (κ2) is 3.36. The van der Waals surface area contributed by atoms with Gasteiger partial charge < -0.3 is 4.48 Å². The van der Waals surface area contributed by atoms with Gasteiger partial charge in [-0.1, -0.05) is 0 Å². The molecule has 0 atom stereocenters. The monoisotopic (exact) mass is 210 g/mol. The standard InChI is InChI=1S/C6H10F6N/c1-13(2,3-5(7,8)9)4-6(10,11)12/h3-4H2,1-2H3/q+1. The first-order valence-corrected chi connectivity index (χ1v) is 3.37. The number of halogens is 6. The Kier molecular flexibility index (Phi) is 3.24. The van der Waals surface area contributed by atoms with Crippen LogP contribution in [0.15, 0.2) is 0 Å². The Balaban J connectivity index is 4.25. The van der Waals surface area contributed by atoms with Crippen molar-refractivity contribution in [2.45, 2.75) is 12.4 Å². The summed E-state index contributed by atoms with van der Waals surface area (Å²) in [7, 11) is 1.78. The molecule has 0 aliphatic carbocycles. The lowest BCUT2D eigenvalue weighted by atomic mass is 10.4. The fraction of sp³-hybridized carbons (Fsp3) is 1.00. The van der Waals surface area contributed by atoms with Crippen molar-refractivity contribution >= 4 is 0 Å². The lowest BCUT2D eigenvalue weighted by Gasteiger charge is -2.30. The Morgan fingerprint density at radius 3 is 1.15 bits per heavy atom. The van der Waals surface area contributed by atoms with Crippen LogP contribution in [0.4, 0.5) is 26.3 Å². The van der Waals surface area contributed by atoms with Crippen LogP contribution in [-0.2, 0) is 0 Å². The third kappa shape index (κ3) is 7.89. The molecule has 13 heavy (non-hydrogen) atoms. The van der Waals surface area contributed by atoms with E-state index in [1.54, 1.807) is 0 Å². The molecule has 0 unspecified atom stereocenters. The number of quaternary nitrogens is 1. The molecule has 1 nitrogen and oxygen atoms in total. The number of hydrogen-bond acceptors (Lipinski definition) is 0. The third-order valence-electron chi connectivity index (χ3n) is 1.21. The molecule has 0 amide bonds. The second-order valence-electron chi connectivity index (χ2n) is 3.48. The van der Waals surface area contributed by atoms with Gasteiger partial charge in [-0.05, 0) is 0 Å². The van der Waals surface area contributed by atoms with E-state index in [9.17, 15) is 26.3 Å². The van der Waals surface area contributed by atoms with Crippen LogP contribution < -0.4 is 0 Å². The predicted octanol–water partition coefficient (Wildman–Crippen LogP) is 2.19. The van der Waals surface area contributed by atoms with E-state index in [-0.39, 0.29) is 0 Å².